The van der Waals surface area contributed by atoms with Crippen molar-refractivity contribution in [1.82, 2.24) is 9.80 Å². The molecule has 1 aliphatic rings. The second-order valence-electron chi connectivity index (χ2n) is 7.56. The van der Waals surface area contributed by atoms with Crippen molar-refractivity contribution in [2.45, 2.75) is 6.04 Å². The van der Waals surface area contributed by atoms with Crippen molar-refractivity contribution in [3.05, 3.63) is 101 Å². The lowest BCUT2D eigenvalue weighted by Crippen LogP contribution is -2.49. The van der Waals surface area contributed by atoms with Crippen molar-refractivity contribution in [2.24, 2.45) is 0 Å². The fourth-order valence-electron chi connectivity index (χ4n) is 4.00. The molecule has 0 saturated carbocycles. The number of hydrogen-bond donors (Lipinski definition) is 0. The zero-order valence-electron chi connectivity index (χ0n) is 17.3. The minimum atomic E-state index is -0.295. The zero-order valence-corrected chi connectivity index (χ0v) is 17.3. The monoisotopic (exact) mass is 422 g/mol. The maximum Gasteiger partial charge on any atom is 0.253 e. The van der Waals surface area contributed by atoms with E-state index < -0.39 is 0 Å². The van der Waals surface area contributed by atoms with Gasteiger partial charge in [-0.1, -0.05) is 24.3 Å². The van der Waals surface area contributed by atoms with Gasteiger partial charge in [0.2, 0.25) is 0 Å². The summed E-state index contributed by atoms with van der Waals surface area (Å²) >= 11 is 0. The number of benzene rings is 3. The van der Waals surface area contributed by atoms with Crippen LogP contribution in [-0.4, -0.2) is 49.0 Å². The van der Waals surface area contributed by atoms with E-state index in [2.05, 4.69) is 4.90 Å². The van der Waals surface area contributed by atoms with Crippen LogP contribution >= 0.6 is 0 Å². The molecular formula is C25H24F2N2O2. The Kier molecular flexibility index (Phi) is 6.28. The highest BCUT2D eigenvalue weighted by atomic mass is 19.1. The van der Waals surface area contributed by atoms with Gasteiger partial charge in [0, 0.05) is 31.7 Å². The van der Waals surface area contributed by atoms with E-state index in [1.807, 2.05) is 4.90 Å². The van der Waals surface area contributed by atoms with Crippen molar-refractivity contribution in [2.75, 3.05) is 33.3 Å². The van der Waals surface area contributed by atoms with E-state index in [0.717, 1.165) is 11.1 Å². The molecule has 1 heterocycles. The van der Waals surface area contributed by atoms with Gasteiger partial charge in [0.15, 0.2) is 0 Å². The van der Waals surface area contributed by atoms with Gasteiger partial charge in [-0.25, -0.2) is 8.78 Å². The van der Waals surface area contributed by atoms with Crippen LogP contribution < -0.4 is 4.74 Å². The molecule has 0 N–H and O–H groups in total. The molecule has 0 aliphatic carbocycles. The second kappa shape index (κ2) is 9.27. The van der Waals surface area contributed by atoms with Gasteiger partial charge in [-0.05, 0) is 59.7 Å². The number of nitrogens with zero attached hydrogens (tertiary/aromatic N) is 2. The Morgan fingerprint density at radius 2 is 1.26 bits per heavy atom. The first-order valence-corrected chi connectivity index (χ1v) is 10.2. The molecule has 1 amide bonds. The second-order valence-corrected chi connectivity index (χ2v) is 7.56. The summed E-state index contributed by atoms with van der Waals surface area (Å²) in [6.07, 6.45) is 0. The van der Waals surface area contributed by atoms with Crippen molar-refractivity contribution >= 4 is 5.91 Å². The number of halogens is 2. The quantitative estimate of drug-likeness (QED) is 0.606. The van der Waals surface area contributed by atoms with E-state index in [0.29, 0.717) is 37.5 Å². The third-order valence-corrected chi connectivity index (χ3v) is 5.68. The van der Waals surface area contributed by atoms with Crippen LogP contribution in [0.4, 0.5) is 8.78 Å². The number of piperazine rings is 1. The highest BCUT2D eigenvalue weighted by molar-refractivity contribution is 5.94. The fraction of sp³-hybridized carbons (Fsp3) is 0.240. The first-order chi connectivity index (χ1) is 15.0. The van der Waals surface area contributed by atoms with Crippen LogP contribution in [0.2, 0.25) is 0 Å². The summed E-state index contributed by atoms with van der Waals surface area (Å²) in [5.41, 5.74) is 2.49. The minimum Gasteiger partial charge on any atom is -0.497 e. The Morgan fingerprint density at radius 3 is 1.71 bits per heavy atom. The summed E-state index contributed by atoms with van der Waals surface area (Å²) in [5.74, 6) is 0.109. The molecule has 4 nitrogen and oxygen atoms in total. The number of carbonyl (C=O) groups is 1. The number of amides is 1. The molecule has 31 heavy (non-hydrogen) atoms. The van der Waals surface area contributed by atoms with Crippen molar-refractivity contribution in [1.29, 1.82) is 0 Å². The SMILES string of the molecule is COc1ccc(C(=O)N2CCN(C(c3ccc(F)cc3)c3ccc(F)cc3)CC2)cc1. The highest BCUT2D eigenvalue weighted by Crippen LogP contribution is 2.30. The van der Waals surface area contributed by atoms with Crippen LogP contribution in [0.25, 0.3) is 0 Å². The van der Waals surface area contributed by atoms with Gasteiger partial charge in [-0.3, -0.25) is 9.69 Å². The summed E-state index contributed by atoms with van der Waals surface area (Å²) in [5, 5.41) is 0. The Bertz CT molecular complexity index is 967. The standard InChI is InChI=1S/C25H24F2N2O2/c1-31-23-12-6-20(7-13-23)25(30)29-16-14-28(15-17-29)24(18-2-8-21(26)9-3-18)19-4-10-22(27)11-5-19/h2-13,24H,14-17H2,1H3. The number of carbonyl (C=O) groups excluding carboxylic acids is 1. The summed E-state index contributed by atoms with van der Waals surface area (Å²) in [6, 6.07) is 19.8. The van der Waals surface area contributed by atoms with Crippen LogP contribution in [0.5, 0.6) is 5.75 Å². The lowest BCUT2D eigenvalue weighted by Gasteiger charge is -2.39. The van der Waals surface area contributed by atoms with Gasteiger partial charge >= 0.3 is 0 Å². The predicted octanol–water partition coefficient (Wildman–Crippen LogP) is 4.52. The molecule has 0 unspecified atom stereocenters. The van der Waals surface area contributed by atoms with Crippen molar-refractivity contribution in [3.8, 4) is 5.75 Å². The van der Waals surface area contributed by atoms with Gasteiger partial charge < -0.3 is 9.64 Å². The van der Waals surface area contributed by atoms with Crippen molar-refractivity contribution in [3.63, 3.8) is 0 Å². The maximum atomic E-state index is 13.5. The maximum absolute atomic E-state index is 13.5. The summed E-state index contributed by atoms with van der Waals surface area (Å²) < 4.78 is 32.1. The van der Waals surface area contributed by atoms with Crippen molar-refractivity contribution < 1.29 is 18.3 Å². The number of rotatable bonds is 5. The molecule has 6 heteroatoms. The van der Waals surface area contributed by atoms with Gasteiger partial charge in [0.1, 0.15) is 17.4 Å². The Hall–Kier alpha value is -3.25. The minimum absolute atomic E-state index is 0.0117. The molecule has 0 radical (unpaired) electrons. The lowest BCUT2D eigenvalue weighted by molar-refractivity contribution is 0.0597. The largest absolute Gasteiger partial charge is 0.497 e. The molecule has 0 atom stereocenters. The highest BCUT2D eigenvalue weighted by Gasteiger charge is 2.28. The van der Waals surface area contributed by atoms with E-state index in [-0.39, 0.29) is 23.6 Å². The Morgan fingerprint density at radius 1 is 0.774 bits per heavy atom. The van der Waals surface area contributed by atoms with Gasteiger partial charge in [0.25, 0.3) is 5.91 Å². The number of ether oxygens (including phenoxy) is 1. The van der Waals surface area contributed by atoms with E-state index in [9.17, 15) is 13.6 Å². The molecule has 1 fully saturated rings. The van der Waals surface area contributed by atoms with E-state index in [4.69, 9.17) is 4.74 Å². The van der Waals surface area contributed by atoms with Crippen LogP contribution in [0.1, 0.15) is 27.5 Å². The first-order valence-electron chi connectivity index (χ1n) is 10.2. The van der Waals surface area contributed by atoms with E-state index in [1.165, 1.54) is 24.3 Å². The molecule has 0 aromatic heterocycles. The average molecular weight is 422 g/mol. The summed E-state index contributed by atoms with van der Waals surface area (Å²) in [7, 11) is 1.59. The first kappa shape index (κ1) is 21.0. The Labute approximate surface area is 180 Å². The number of methoxy groups -OCH3 is 1. The predicted molar refractivity (Wildman–Crippen MR) is 115 cm³/mol. The van der Waals surface area contributed by atoms with Crippen LogP contribution in [0.15, 0.2) is 72.8 Å². The molecule has 4 rings (SSSR count). The third-order valence-electron chi connectivity index (χ3n) is 5.68. The summed E-state index contributed by atoms with van der Waals surface area (Å²) in [6.45, 7) is 2.45. The van der Waals surface area contributed by atoms with Crippen LogP contribution in [0, 0.1) is 11.6 Å². The summed E-state index contributed by atoms with van der Waals surface area (Å²) in [4.78, 5) is 17.0. The third kappa shape index (κ3) is 4.75. The molecule has 1 aliphatic heterocycles. The molecule has 0 bridgehead atoms. The number of hydrogen-bond acceptors (Lipinski definition) is 3. The topological polar surface area (TPSA) is 32.8 Å². The van der Waals surface area contributed by atoms with E-state index >= 15 is 0 Å². The molecule has 3 aromatic carbocycles. The lowest BCUT2D eigenvalue weighted by atomic mass is 9.96. The van der Waals surface area contributed by atoms with Crippen LogP contribution in [0.3, 0.4) is 0 Å². The Balaban J connectivity index is 1.51. The normalized spacial score (nSPS) is 14.6. The van der Waals surface area contributed by atoms with Gasteiger partial charge in [-0.15, -0.1) is 0 Å². The molecule has 160 valence electrons. The smallest absolute Gasteiger partial charge is 0.253 e. The fourth-order valence-corrected chi connectivity index (χ4v) is 4.00. The molecule has 1 saturated heterocycles. The average Bonchev–Trinajstić information content (AvgIpc) is 2.82. The van der Waals surface area contributed by atoms with Gasteiger partial charge in [-0.2, -0.15) is 0 Å². The van der Waals surface area contributed by atoms with E-state index in [1.54, 1.807) is 55.6 Å². The zero-order chi connectivity index (χ0) is 21.8. The van der Waals surface area contributed by atoms with Gasteiger partial charge in [0.05, 0.1) is 13.2 Å². The molecule has 3 aromatic rings. The molecular weight excluding hydrogens is 398 g/mol. The van der Waals surface area contributed by atoms with Crippen LogP contribution in [-0.2, 0) is 0 Å². The molecule has 0 spiro atoms.